The van der Waals surface area contributed by atoms with Crippen molar-refractivity contribution in [1.82, 2.24) is 4.98 Å². The van der Waals surface area contributed by atoms with Gasteiger partial charge in [-0.2, -0.15) is 0 Å². The van der Waals surface area contributed by atoms with Crippen LogP contribution in [0.2, 0.25) is 0 Å². The van der Waals surface area contributed by atoms with Gasteiger partial charge in [-0.25, -0.2) is 4.39 Å². The smallest absolute Gasteiger partial charge is 0.324 e. The fourth-order valence-electron chi connectivity index (χ4n) is 4.45. The molecule has 0 spiro atoms. The number of carbonyl (C=O) groups is 2. The summed E-state index contributed by atoms with van der Waals surface area (Å²) < 4.78 is 30.5. The average Bonchev–Trinajstić information content (AvgIpc) is 3.24. The quantitative estimate of drug-likeness (QED) is 0.297. The average molecular weight is 474 g/mol. The maximum Gasteiger partial charge on any atom is 0.324 e. The minimum absolute atomic E-state index is 0.0776. The van der Waals surface area contributed by atoms with E-state index in [9.17, 15) is 14.0 Å². The van der Waals surface area contributed by atoms with Crippen LogP contribution < -0.4 is 4.74 Å². The monoisotopic (exact) mass is 473 g/mol. The number of rotatable bonds is 6. The van der Waals surface area contributed by atoms with Gasteiger partial charge in [-0.05, 0) is 35.4 Å². The maximum atomic E-state index is 13.9. The van der Waals surface area contributed by atoms with Gasteiger partial charge in [0.1, 0.15) is 18.2 Å². The van der Waals surface area contributed by atoms with Crippen molar-refractivity contribution >= 4 is 22.8 Å². The Morgan fingerprint density at radius 3 is 2.31 bits per heavy atom. The van der Waals surface area contributed by atoms with Crippen molar-refractivity contribution in [1.29, 1.82) is 0 Å². The zero-order valence-electron chi connectivity index (χ0n) is 19.3. The van der Waals surface area contributed by atoms with Crippen LogP contribution in [0.3, 0.4) is 0 Å². The summed E-state index contributed by atoms with van der Waals surface area (Å²) in [5.41, 5.74) is 2.82. The van der Waals surface area contributed by atoms with E-state index in [-0.39, 0.29) is 12.4 Å². The first-order chi connectivity index (χ1) is 16.8. The Morgan fingerprint density at radius 2 is 1.60 bits per heavy atom. The molecule has 7 heteroatoms. The first-order valence-corrected chi connectivity index (χ1v) is 11.3. The molecule has 5 rings (SSSR count). The van der Waals surface area contributed by atoms with Gasteiger partial charge in [0.15, 0.2) is 5.92 Å². The number of halogens is 1. The highest BCUT2D eigenvalue weighted by molar-refractivity contribution is 5.99. The molecule has 1 N–H and O–H groups in total. The lowest BCUT2D eigenvalue weighted by molar-refractivity contribution is -0.240. The molecule has 6 nitrogen and oxygen atoms in total. The van der Waals surface area contributed by atoms with Crippen LogP contribution in [0.5, 0.6) is 5.75 Å². The van der Waals surface area contributed by atoms with Gasteiger partial charge in [0.25, 0.3) is 5.79 Å². The minimum Gasteiger partial charge on any atom is -0.489 e. The number of cyclic esters (lactones) is 2. The van der Waals surface area contributed by atoms with Crippen molar-refractivity contribution in [2.45, 2.75) is 32.2 Å². The molecule has 0 bridgehead atoms. The van der Waals surface area contributed by atoms with Gasteiger partial charge in [0.2, 0.25) is 0 Å². The van der Waals surface area contributed by atoms with E-state index in [0.29, 0.717) is 16.9 Å². The van der Waals surface area contributed by atoms with Crippen LogP contribution in [-0.2, 0) is 25.7 Å². The number of hydrogen-bond acceptors (Lipinski definition) is 5. The summed E-state index contributed by atoms with van der Waals surface area (Å²) in [5, 5.41) is 0.891. The number of carbonyl (C=O) groups excluding carboxylic acids is 2. The predicted molar refractivity (Wildman–Crippen MR) is 127 cm³/mol. The van der Waals surface area contributed by atoms with Crippen molar-refractivity contribution in [2.75, 3.05) is 0 Å². The van der Waals surface area contributed by atoms with E-state index in [0.717, 1.165) is 16.5 Å². The van der Waals surface area contributed by atoms with Gasteiger partial charge >= 0.3 is 11.9 Å². The van der Waals surface area contributed by atoms with E-state index in [1.807, 2.05) is 24.3 Å². The second-order valence-corrected chi connectivity index (χ2v) is 8.94. The maximum absolute atomic E-state index is 13.9. The molecule has 0 aliphatic carbocycles. The number of fused-ring (bicyclic) bond motifs is 1. The van der Waals surface area contributed by atoms with Crippen molar-refractivity contribution in [3.05, 3.63) is 102 Å². The highest BCUT2D eigenvalue weighted by Crippen LogP contribution is 2.41. The van der Waals surface area contributed by atoms with Crippen molar-refractivity contribution in [3.63, 3.8) is 0 Å². The van der Waals surface area contributed by atoms with Crippen LogP contribution in [0, 0.1) is 11.7 Å². The highest BCUT2D eigenvalue weighted by Gasteiger charge is 2.48. The highest BCUT2D eigenvalue weighted by atomic mass is 19.1. The third kappa shape index (κ3) is 4.49. The lowest BCUT2D eigenvalue weighted by Crippen LogP contribution is -2.48. The number of hydrogen-bond donors (Lipinski definition) is 1. The van der Waals surface area contributed by atoms with Gasteiger partial charge in [0, 0.05) is 42.4 Å². The Hall–Kier alpha value is -4.13. The molecule has 1 fully saturated rings. The van der Waals surface area contributed by atoms with Crippen molar-refractivity contribution in [2.24, 2.45) is 5.92 Å². The Balaban J connectivity index is 1.49. The minimum atomic E-state index is -1.32. The van der Waals surface area contributed by atoms with E-state index < -0.39 is 29.6 Å². The first kappa shape index (κ1) is 22.7. The second kappa shape index (κ2) is 8.91. The van der Waals surface area contributed by atoms with E-state index >= 15 is 0 Å². The summed E-state index contributed by atoms with van der Waals surface area (Å²) in [7, 11) is 0. The standard InChI is InChI=1S/C28H24FNO5/c1-28(2)34-26(31)25(27(32)35-28)24(21-15-30-23-10-6-4-8-20(21)23)17-11-13-19(14-12-17)33-16-18-7-3-5-9-22(18)29/h3-15,24-25,30H,16H2,1-2H3/t24-/m1/s1. The van der Waals surface area contributed by atoms with Gasteiger partial charge in [0.05, 0.1) is 0 Å². The van der Waals surface area contributed by atoms with Crippen LogP contribution in [0.25, 0.3) is 10.9 Å². The number of aromatic amines is 1. The van der Waals surface area contributed by atoms with Gasteiger partial charge < -0.3 is 19.2 Å². The molecule has 0 saturated carbocycles. The molecule has 178 valence electrons. The molecule has 0 amide bonds. The fourth-order valence-corrected chi connectivity index (χ4v) is 4.45. The number of para-hydroxylation sites is 1. The molecular weight excluding hydrogens is 449 g/mol. The summed E-state index contributed by atoms with van der Waals surface area (Å²) in [4.78, 5) is 29.3. The third-order valence-corrected chi connectivity index (χ3v) is 6.08. The largest absolute Gasteiger partial charge is 0.489 e. The SMILES string of the molecule is CC1(C)OC(=O)C([C@H](c2ccc(OCc3ccccc3F)cc2)c2c[nH]c3ccccc23)C(=O)O1. The Kier molecular flexibility index (Phi) is 5.76. The molecule has 3 aromatic carbocycles. The Labute approximate surface area is 201 Å². The summed E-state index contributed by atoms with van der Waals surface area (Å²) in [6, 6.07) is 21.2. The topological polar surface area (TPSA) is 77.6 Å². The van der Waals surface area contributed by atoms with Crippen molar-refractivity contribution in [3.8, 4) is 5.75 Å². The molecule has 4 aromatic rings. The van der Waals surface area contributed by atoms with E-state index in [4.69, 9.17) is 14.2 Å². The van der Waals surface area contributed by atoms with Crippen LogP contribution in [-0.4, -0.2) is 22.7 Å². The fraction of sp³-hybridized carbons (Fsp3) is 0.214. The molecule has 2 heterocycles. The van der Waals surface area contributed by atoms with Crippen LogP contribution in [0.15, 0.2) is 79.0 Å². The summed E-state index contributed by atoms with van der Waals surface area (Å²) in [6.45, 7) is 3.14. The second-order valence-electron chi connectivity index (χ2n) is 8.94. The molecule has 1 saturated heterocycles. The molecule has 1 aromatic heterocycles. The number of esters is 2. The first-order valence-electron chi connectivity index (χ1n) is 11.3. The summed E-state index contributed by atoms with van der Waals surface area (Å²) in [5.74, 6) is -4.22. The third-order valence-electron chi connectivity index (χ3n) is 6.08. The van der Waals surface area contributed by atoms with Crippen LogP contribution >= 0.6 is 0 Å². The molecule has 35 heavy (non-hydrogen) atoms. The molecule has 0 radical (unpaired) electrons. The number of nitrogens with one attached hydrogen (secondary N) is 1. The zero-order chi connectivity index (χ0) is 24.6. The van der Waals surface area contributed by atoms with E-state index in [1.165, 1.54) is 19.9 Å². The molecule has 1 aliphatic heterocycles. The number of H-pyrrole nitrogens is 1. The Bertz CT molecular complexity index is 1370. The van der Waals surface area contributed by atoms with Gasteiger partial charge in [-0.15, -0.1) is 0 Å². The zero-order valence-corrected chi connectivity index (χ0v) is 19.3. The molecular formula is C28H24FNO5. The molecule has 1 atom stereocenters. The van der Waals surface area contributed by atoms with Gasteiger partial charge in [-0.1, -0.05) is 48.5 Å². The van der Waals surface area contributed by atoms with Crippen molar-refractivity contribution < 1.29 is 28.2 Å². The van der Waals surface area contributed by atoms with E-state index in [2.05, 4.69) is 4.98 Å². The number of benzene rings is 3. The summed E-state index contributed by atoms with van der Waals surface area (Å²) in [6.07, 6.45) is 1.80. The van der Waals surface area contributed by atoms with Crippen LogP contribution in [0.1, 0.15) is 36.5 Å². The lowest BCUT2D eigenvalue weighted by atomic mass is 9.80. The van der Waals surface area contributed by atoms with E-state index in [1.54, 1.807) is 48.7 Å². The molecule has 0 unspecified atom stereocenters. The molecule has 1 aliphatic rings. The summed E-state index contributed by atoms with van der Waals surface area (Å²) >= 11 is 0. The van der Waals surface area contributed by atoms with Crippen LogP contribution in [0.4, 0.5) is 4.39 Å². The van der Waals surface area contributed by atoms with Gasteiger partial charge in [-0.3, -0.25) is 9.59 Å². The number of ether oxygens (including phenoxy) is 3. The normalized spacial score (nSPS) is 16.5. The Morgan fingerprint density at radius 1 is 0.943 bits per heavy atom. The predicted octanol–water partition coefficient (Wildman–Crippen LogP) is 5.47. The lowest BCUT2D eigenvalue weighted by Gasteiger charge is -2.36. The number of aromatic nitrogens is 1.